The van der Waals surface area contributed by atoms with Gasteiger partial charge in [0.05, 0.1) is 24.5 Å². The molecule has 1 N–H and O–H groups in total. The second kappa shape index (κ2) is 9.32. The first-order chi connectivity index (χ1) is 14.5. The van der Waals surface area contributed by atoms with Gasteiger partial charge in [0.15, 0.2) is 0 Å². The van der Waals surface area contributed by atoms with E-state index in [4.69, 9.17) is 4.74 Å². The van der Waals surface area contributed by atoms with Gasteiger partial charge in [-0.15, -0.1) is 0 Å². The zero-order chi connectivity index (χ0) is 22.8. The van der Waals surface area contributed by atoms with Crippen LogP contribution in [0.2, 0.25) is 0 Å². The molecule has 0 radical (unpaired) electrons. The van der Waals surface area contributed by atoms with Gasteiger partial charge in [-0.25, -0.2) is 9.18 Å². The number of piperidine rings is 1. The fraction of sp³-hybridized carbons (Fsp3) is 0.619. The number of hydrogen-bond donors (Lipinski definition) is 1. The number of anilines is 2. The van der Waals surface area contributed by atoms with E-state index >= 15 is 0 Å². The highest BCUT2D eigenvalue weighted by Crippen LogP contribution is 2.35. The summed E-state index contributed by atoms with van der Waals surface area (Å²) in [7, 11) is 0. The number of rotatable bonds is 6. The lowest BCUT2D eigenvalue weighted by Crippen LogP contribution is -2.40. The fourth-order valence-corrected chi connectivity index (χ4v) is 4.21. The van der Waals surface area contributed by atoms with Crippen molar-refractivity contribution in [2.45, 2.75) is 45.4 Å². The first kappa shape index (κ1) is 23.1. The molecule has 31 heavy (non-hydrogen) atoms. The van der Waals surface area contributed by atoms with Crippen molar-refractivity contribution in [2.24, 2.45) is 11.8 Å². The van der Waals surface area contributed by atoms with E-state index in [1.165, 1.54) is 17.9 Å². The Hall–Kier alpha value is -2.52. The molecular formula is C21H27F4N3O3. The van der Waals surface area contributed by atoms with Crippen molar-refractivity contribution in [3.8, 4) is 0 Å². The van der Waals surface area contributed by atoms with Crippen molar-refractivity contribution < 1.29 is 31.9 Å². The number of halogens is 4. The van der Waals surface area contributed by atoms with E-state index in [1.807, 2.05) is 11.8 Å². The van der Waals surface area contributed by atoms with Crippen LogP contribution in [-0.2, 0) is 9.53 Å². The molecule has 2 amide bonds. The number of carbonyl (C=O) groups is 2. The van der Waals surface area contributed by atoms with Crippen LogP contribution in [0.5, 0.6) is 0 Å². The van der Waals surface area contributed by atoms with Gasteiger partial charge in [-0.05, 0) is 42.9 Å². The van der Waals surface area contributed by atoms with Crippen molar-refractivity contribution >= 4 is 23.4 Å². The van der Waals surface area contributed by atoms with E-state index in [2.05, 4.69) is 5.32 Å². The smallest absolute Gasteiger partial charge is 0.414 e. The molecule has 0 unspecified atom stereocenters. The number of alkyl halides is 3. The largest absolute Gasteiger partial charge is 0.442 e. The van der Waals surface area contributed by atoms with Crippen LogP contribution in [0.25, 0.3) is 0 Å². The molecule has 172 valence electrons. The molecule has 0 saturated carbocycles. The third kappa shape index (κ3) is 6.01. The Labute approximate surface area is 178 Å². The average molecular weight is 445 g/mol. The Morgan fingerprint density at radius 3 is 2.65 bits per heavy atom. The molecule has 0 bridgehead atoms. The van der Waals surface area contributed by atoms with Crippen LogP contribution in [-0.4, -0.2) is 50.5 Å². The summed E-state index contributed by atoms with van der Waals surface area (Å²) in [6.07, 6.45) is -5.41. The van der Waals surface area contributed by atoms with Crippen LogP contribution in [0.1, 0.15) is 33.1 Å². The van der Waals surface area contributed by atoms with Crippen LogP contribution in [0.3, 0.4) is 0 Å². The molecule has 0 aromatic heterocycles. The summed E-state index contributed by atoms with van der Waals surface area (Å²) >= 11 is 0. The van der Waals surface area contributed by atoms with Gasteiger partial charge in [0.1, 0.15) is 11.9 Å². The first-order valence-electron chi connectivity index (χ1n) is 10.4. The molecule has 2 aliphatic heterocycles. The third-order valence-corrected chi connectivity index (χ3v) is 5.92. The van der Waals surface area contributed by atoms with Crippen LogP contribution < -0.4 is 15.1 Å². The van der Waals surface area contributed by atoms with Gasteiger partial charge in [0.2, 0.25) is 5.91 Å². The third-order valence-electron chi connectivity index (χ3n) is 5.92. The molecule has 2 aliphatic rings. The van der Waals surface area contributed by atoms with E-state index in [1.54, 1.807) is 12.1 Å². The van der Waals surface area contributed by atoms with E-state index in [-0.39, 0.29) is 37.3 Å². The maximum Gasteiger partial charge on any atom is 0.414 e. The fourth-order valence-electron chi connectivity index (χ4n) is 4.21. The van der Waals surface area contributed by atoms with Gasteiger partial charge in [0.25, 0.3) is 0 Å². The van der Waals surface area contributed by atoms with Gasteiger partial charge in [-0.1, -0.05) is 6.92 Å². The zero-order valence-electron chi connectivity index (χ0n) is 17.5. The van der Waals surface area contributed by atoms with Gasteiger partial charge in [-0.2, -0.15) is 13.2 Å². The SMILES string of the molecule is CC(=O)NC[C@H]1CN(c2ccc(N3CC[C@@H](CCC(F)(F)F)[C@H](C)C3)c(F)c2)C(=O)O1. The van der Waals surface area contributed by atoms with Crippen molar-refractivity contribution in [1.82, 2.24) is 5.32 Å². The summed E-state index contributed by atoms with van der Waals surface area (Å²) in [5.74, 6) is -0.767. The van der Waals surface area contributed by atoms with Crippen molar-refractivity contribution in [3.63, 3.8) is 0 Å². The Morgan fingerprint density at radius 2 is 2.03 bits per heavy atom. The van der Waals surface area contributed by atoms with Crippen molar-refractivity contribution in [2.75, 3.05) is 36.0 Å². The number of nitrogens with zero attached hydrogens (tertiary/aromatic N) is 2. The molecule has 1 aromatic rings. The summed E-state index contributed by atoms with van der Waals surface area (Å²) in [4.78, 5) is 26.3. The molecule has 1 aromatic carbocycles. The topological polar surface area (TPSA) is 61.9 Å². The molecule has 2 fully saturated rings. The molecule has 0 spiro atoms. The van der Waals surface area contributed by atoms with Crippen LogP contribution >= 0.6 is 0 Å². The Bertz CT molecular complexity index is 818. The molecule has 3 rings (SSSR count). The lowest BCUT2D eigenvalue weighted by atomic mass is 9.83. The number of cyclic esters (lactones) is 1. The summed E-state index contributed by atoms with van der Waals surface area (Å²) in [5.41, 5.74) is 0.719. The highest BCUT2D eigenvalue weighted by atomic mass is 19.4. The van der Waals surface area contributed by atoms with E-state index in [0.717, 1.165) is 0 Å². The summed E-state index contributed by atoms with van der Waals surface area (Å²) in [6.45, 7) is 4.59. The predicted molar refractivity (Wildman–Crippen MR) is 107 cm³/mol. The molecule has 3 atom stereocenters. The minimum absolute atomic E-state index is 0.0123. The minimum atomic E-state index is -4.16. The number of hydrogen-bond acceptors (Lipinski definition) is 4. The average Bonchev–Trinajstić information content (AvgIpc) is 3.05. The summed E-state index contributed by atoms with van der Waals surface area (Å²) in [6, 6.07) is 4.47. The first-order valence-corrected chi connectivity index (χ1v) is 10.4. The molecular weight excluding hydrogens is 418 g/mol. The lowest BCUT2D eigenvalue weighted by Gasteiger charge is -2.38. The second-order valence-corrected chi connectivity index (χ2v) is 8.32. The highest BCUT2D eigenvalue weighted by Gasteiger charge is 2.34. The number of benzene rings is 1. The summed E-state index contributed by atoms with van der Waals surface area (Å²) in [5, 5.41) is 2.58. The maximum absolute atomic E-state index is 14.9. The van der Waals surface area contributed by atoms with Crippen LogP contribution in [0.15, 0.2) is 18.2 Å². The van der Waals surface area contributed by atoms with Crippen molar-refractivity contribution in [3.05, 3.63) is 24.0 Å². The normalized spacial score (nSPS) is 24.3. The number of nitrogens with one attached hydrogen (secondary N) is 1. The zero-order valence-corrected chi connectivity index (χ0v) is 17.5. The highest BCUT2D eigenvalue weighted by molar-refractivity contribution is 5.90. The molecule has 0 aliphatic carbocycles. The molecule has 6 nitrogen and oxygen atoms in total. The van der Waals surface area contributed by atoms with Gasteiger partial charge in [0, 0.05) is 26.4 Å². The van der Waals surface area contributed by atoms with Gasteiger partial charge >= 0.3 is 12.3 Å². The molecule has 10 heteroatoms. The van der Waals surface area contributed by atoms with Crippen LogP contribution in [0, 0.1) is 17.7 Å². The Balaban J connectivity index is 1.61. The number of carbonyl (C=O) groups excluding carboxylic acids is 2. The van der Waals surface area contributed by atoms with Gasteiger partial charge < -0.3 is 15.0 Å². The van der Waals surface area contributed by atoms with E-state index in [9.17, 15) is 27.2 Å². The van der Waals surface area contributed by atoms with E-state index < -0.39 is 30.6 Å². The number of amides is 2. The standard InChI is InChI=1S/C21H27F4N3O3/c1-13-11-27(8-6-15(13)5-7-21(23,24)25)19-4-3-16(9-18(19)22)28-12-17(31-20(28)30)10-26-14(2)29/h3-4,9,13,15,17H,5-8,10-12H2,1-2H3,(H,26,29)/t13-,15-,17+/m1/s1. The van der Waals surface area contributed by atoms with Gasteiger partial charge in [-0.3, -0.25) is 9.69 Å². The molecule has 2 saturated heterocycles. The maximum atomic E-state index is 14.9. The second-order valence-electron chi connectivity index (χ2n) is 8.32. The van der Waals surface area contributed by atoms with Crippen LogP contribution in [0.4, 0.5) is 33.7 Å². The number of ether oxygens (including phenoxy) is 1. The minimum Gasteiger partial charge on any atom is -0.442 e. The Kier molecular flexibility index (Phi) is 6.96. The quantitative estimate of drug-likeness (QED) is 0.670. The summed E-state index contributed by atoms with van der Waals surface area (Å²) < 4.78 is 57.6. The monoisotopic (exact) mass is 445 g/mol. The van der Waals surface area contributed by atoms with Crippen molar-refractivity contribution in [1.29, 1.82) is 0 Å². The lowest BCUT2D eigenvalue weighted by molar-refractivity contribution is -0.138. The van der Waals surface area contributed by atoms with E-state index in [0.29, 0.717) is 30.9 Å². The Morgan fingerprint density at radius 1 is 1.29 bits per heavy atom. The predicted octanol–water partition coefficient (Wildman–Crippen LogP) is 4.09. The molecule has 2 heterocycles.